The average Bonchev–Trinajstić information content (AvgIpc) is 3.49. The predicted octanol–water partition coefficient (Wildman–Crippen LogP) is 9.82. The van der Waals surface area contributed by atoms with E-state index in [1.807, 2.05) is 55.5 Å². The summed E-state index contributed by atoms with van der Waals surface area (Å²) in [6.07, 6.45) is -1.03. The van der Waals surface area contributed by atoms with Gasteiger partial charge < -0.3 is 9.30 Å². The van der Waals surface area contributed by atoms with Crippen LogP contribution in [0.1, 0.15) is 60.2 Å². The number of ether oxygens (including phenoxy) is 1. The molecule has 1 unspecified atom stereocenters. The SMILES string of the molecule is Cc1ccnc(-n2c3[c-]c(Oc4[c-]c(-n5nc(C)c(C6C(F)=C[C@H](F)C[C@@H]6F)c5C)cc(C(C)C)c4)ccc3c3ccccc32)c1.[Pt+2]. The van der Waals surface area contributed by atoms with E-state index in [-0.39, 0.29) is 33.4 Å². The number of rotatable bonds is 6. The molecule has 242 valence electrons. The Labute approximate surface area is 286 Å². The summed E-state index contributed by atoms with van der Waals surface area (Å²) in [5.41, 5.74) is 5.97. The second-order valence-corrected chi connectivity index (χ2v) is 12.3. The van der Waals surface area contributed by atoms with E-state index in [0.717, 1.165) is 44.8 Å². The molecule has 3 atom stereocenters. The zero-order chi connectivity index (χ0) is 32.3. The molecule has 7 rings (SSSR count). The molecular formula is C38H33F3N4OPt. The fourth-order valence-electron chi connectivity index (χ4n) is 6.51. The molecule has 1 aliphatic carbocycles. The Kier molecular flexibility index (Phi) is 8.92. The van der Waals surface area contributed by atoms with Crippen molar-refractivity contribution in [2.45, 2.75) is 65.2 Å². The van der Waals surface area contributed by atoms with E-state index in [1.54, 1.807) is 24.7 Å². The first-order valence-corrected chi connectivity index (χ1v) is 15.4. The molecular weight excluding hydrogens is 781 g/mol. The molecule has 5 nitrogen and oxygen atoms in total. The molecule has 0 fully saturated rings. The third kappa shape index (κ3) is 5.93. The molecule has 0 amide bonds. The summed E-state index contributed by atoms with van der Waals surface area (Å²) in [6, 6.07) is 26.8. The second kappa shape index (κ2) is 12.8. The van der Waals surface area contributed by atoms with Crippen LogP contribution in [0.5, 0.6) is 11.5 Å². The Morgan fingerprint density at radius 1 is 0.936 bits per heavy atom. The van der Waals surface area contributed by atoms with Crippen molar-refractivity contribution in [3.63, 3.8) is 0 Å². The van der Waals surface area contributed by atoms with Crippen LogP contribution in [0.25, 0.3) is 33.3 Å². The molecule has 1 aliphatic rings. The smallest absolute Gasteiger partial charge is 0.509 e. The number of hydrogen-bond acceptors (Lipinski definition) is 3. The van der Waals surface area contributed by atoms with E-state index in [4.69, 9.17) is 4.74 Å². The Bertz CT molecular complexity index is 2150. The zero-order valence-corrected chi connectivity index (χ0v) is 28.9. The molecule has 0 N–H and O–H groups in total. The van der Waals surface area contributed by atoms with E-state index >= 15 is 4.39 Å². The molecule has 47 heavy (non-hydrogen) atoms. The summed E-state index contributed by atoms with van der Waals surface area (Å²) in [7, 11) is 0. The van der Waals surface area contributed by atoms with Crippen LogP contribution in [0.15, 0.2) is 78.8 Å². The number of halogens is 3. The number of nitrogens with zero attached hydrogens (tertiary/aromatic N) is 4. The zero-order valence-electron chi connectivity index (χ0n) is 26.6. The van der Waals surface area contributed by atoms with Gasteiger partial charge in [-0.3, -0.25) is 4.68 Å². The van der Waals surface area contributed by atoms with Crippen molar-refractivity contribution < 1.29 is 39.0 Å². The van der Waals surface area contributed by atoms with Gasteiger partial charge in [0.25, 0.3) is 0 Å². The molecule has 0 saturated carbocycles. The van der Waals surface area contributed by atoms with Crippen LogP contribution in [-0.2, 0) is 21.1 Å². The van der Waals surface area contributed by atoms with E-state index in [0.29, 0.717) is 34.1 Å². The van der Waals surface area contributed by atoms with Crippen LogP contribution >= 0.6 is 0 Å². The number of allylic oxidation sites excluding steroid dienone is 2. The van der Waals surface area contributed by atoms with E-state index in [2.05, 4.69) is 52.8 Å². The molecule has 3 aromatic heterocycles. The van der Waals surface area contributed by atoms with Crippen molar-refractivity contribution in [3.8, 4) is 23.0 Å². The van der Waals surface area contributed by atoms with Gasteiger partial charge in [0.2, 0.25) is 0 Å². The minimum atomic E-state index is -1.68. The van der Waals surface area contributed by atoms with Gasteiger partial charge in [-0.15, -0.1) is 41.3 Å². The number of hydrogen-bond donors (Lipinski definition) is 0. The van der Waals surface area contributed by atoms with Gasteiger partial charge in [0.05, 0.1) is 11.6 Å². The van der Waals surface area contributed by atoms with Crippen LogP contribution in [0.2, 0.25) is 0 Å². The summed E-state index contributed by atoms with van der Waals surface area (Å²) >= 11 is 0. The first kappa shape index (κ1) is 32.8. The monoisotopic (exact) mass is 813 g/mol. The van der Waals surface area contributed by atoms with Gasteiger partial charge in [-0.25, -0.2) is 18.2 Å². The number of aromatic nitrogens is 4. The van der Waals surface area contributed by atoms with Gasteiger partial charge in [-0.1, -0.05) is 37.6 Å². The van der Waals surface area contributed by atoms with Crippen molar-refractivity contribution in [1.82, 2.24) is 19.3 Å². The maximum Gasteiger partial charge on any atom is 2.00 e. The average molecular weight is 814 g/mol. The van der Waals surface area contributed by atoms with Gasteiger partial charge in [-0.2, -0.15) is 11.2 Å². The van der Waals surface area contributed by atoms with Crippen LogP contribution in [0.3, 0.4) is 0 Å². The van der Waals surface area contributed by atoms with Gasteiger partial charge in [0.1, 0.15) is 24.0 Å². The van der Waals surface area contributed by atoms with Crippen molar-refractivity contribution in [2.75, 3.05) is 0 Å². The minimum Gasteiger partial charge on any atom is -0.509 e. The van der Waals surface area contributed by atoms with Gasteiger partial charge in [0.15, 0.2) is 0 Å². The fourth-order valence-corrected chi connectivity index (χ4v) is 6.51. The first-order chi connectivity index (χ1) is 22.1. The summed E-state index contributed by atoms with van der Waals surface area (Å²) in [5, 5.41) is 6.78. The Morgan fingerprint density at radius 2 is 1.72 bits per heavy atom. The van der Waals surface area contributed by atoms with Crippen molar-refractivity contribution in [3.05, 3.63) is 119 Å². The third-order valence-electron chi connectivity index (χ3n) is 8.76. The molecule has 0 aliphatic heterocycles. The van der Waals surface area contributed by atoms with Crippen LogP contribution in [0.4, 0.5) is 13.2 Å². The molecule has 0 saturated heterocycles. The van der Waals surface area contributed by atoms with Crippen LogP contribution < -0.4 is 4.74 Å². The van der Waals surface area contributed by atoms with Crippen LogP contribution in [0, 0.1) is 32.9 Å². The van der Waals surface area contributed by atoms with Crippen molar-refractivity contribution in [1.29, 1.82) is 0 Å². The Balaban J connectivity index is 0.00000386. The molecule has 0 bridgehead atoms. The molecule has 0 radical (unpaired) electrons. The first-order valence-electron chi connectivity index (χ1n) is 15.4. The van der Waals surface area contributed by atoms with Gasteiger partial charge in [0, 0.05) is 40.9 Å². The Morgan fingerprint density at radius 3 is 2.47 bits per heavy atom. The van der Waals surface area contributed by atoms with E-state index in [1.165, 1.54) is 0 Å². The molecule has 6 aromatic rings. The van der Waals surface area contributed by atoms with Crippen molar-refractivity contribution >= 4 is 21.8 Å². The largest absolute Gasteiger partial charge is 2.00 e. The van der Waals surface area contributed by atoms with E-state index < -0.39 is 24.1 Å². The number of para-hydroxylation sites is 1. The van der Waals surface area contributed by atoms with Crippen molar-refractivity contribution in [2.24, 2.45) is 0 Å². The maximum absolute atomic E-state index is 15.0. The number of aryl methyl sites for hydroxylation is 2. The standard InChI is InChI=1S/C38H33F3N4O.Pt/c1-21(2)25-15-27(45-24(5)37(23(4)43-45)38-32(40)17-26(39)18-33(38)41)19-29(16-25)46-28-10-11-31-30-8-6-7-9-34(30)44(35(31)20-28)36-14-22(3)12-13-42-36;/h6-17,21,26,33,38H,18H2,1-5H3;/q-2;+2/t26-,33-,38?;/m0./s1. The predicted molar refractivity (Wildman–Crippen MR) is 175 cm³/mol. The maximum atomic E-state index is 15.0. The summed E-state index contributed by atoms with van der Waals surface area (Å²) in [6.45, 7) is 9.67. The number of alkyl halides is 2. The number of pyridine rings is 1. The van der Waals surface area contributed by atoms with Gasteiger partial charge in [-0.05, 0) is 67.6 Å². The topological polar surface area (TPSA) is 44.9 Å². The molecule has 3 aromatic carbocycles. The number of benzene rings is 3. The molecule has 0 spiro atoms. The molecule has 9 heteroatoms. The fraction of sp³-hybridized carbons (Fsp3) is 0.263. The summed E-state index contributed by atoms with van der Waals surface area (Å²) in [4.78, 5) is 4.65. The third-order valence-corrected chi connectivity index (χ3v) is 8.76. The summed E-state index contributed by atoms with van der Waals surface area (Å²) in [5.74, 6) is -0.112. The van der Waals surface area contributed by atoms with E-state index in [9.17, 15) is 8.78 Å². The minimum absolute atomic E-state index is 0. The quantitative estimate of drug-likeness (QED) is 0.158. The normalized spacial score (nSPS) is 18.1. The van der Waals surface area contributed by atoms with Crippen LogP contribution in [-0.4, -0.2) is 31.7 Å². The second-order valence-electron chi connectivity index (χ2n) is 12.3. The summed E-state index contributed by atoms with van der Waals surface area (Å²) < 4.78 is 54.0. The Hall–Kier alpha value is -4.16. The number of fused-ring (bicyclic) bond motifs is 3. The molecule has 3 heterocycles. The van der Waals surface area contributed by atoms with Gasteiger partial charge >= 0.3 is 21.1 Å².